The van der Waals surface area contributed by atoms with Gasteiger partial charge in [-0.25, -0.2) is 0 Å². The summed E-state index contributed by atoms with van der Waals surface area (Å²) in [6.45, 7) is 2.02. The Morgan fingerprint density at radius 1 is 1.21 bits per heavy atom. The molecule has 0 saturated heterocycles. The van der Waals surface area contributed by atoms with E-state index < -0.39 is 0 Å². The molecule has 0 aliphatic heterocycles. The van der Waals surface area contributed by atoms with Gasteiger partial charge in [0.15, 0.2) is 0 Å². The van der Waals surface area contributed by atoms with Crippen molar-refractivity contribution in [3.63, 3.8) is 0 Å². The Kier molecular flexibility index (Phi) is 4.99. The second-order valence-electron chi connectivity index (χ2n) is 4.57. The molecular formula is C15H16BrClN2. The number of halogens is 2. The van der Waals surface area contributed by atoms with E-state index in [2.05, 4.69) is 33.5 Å². The Bertz CT molecular complexity index is 555. The second-order valence-corrected chi connectivity index (χ2v) is 5.90. The van der Waals surface area contributed by atoms with Crippen LogP contribution in [0.4, 0.5) is 0 Å². The maximum absolute atomic E-state index is 6.29. The van der Waals surface area contributed by atoms with E-state index in [4.69, 9.17) is 17.4 Å². The number of hydrogen-bond donors (Lipinski definition) is 2. The monoisotopic (exact) mass is 338 g/mol. The van der Waals surface area contributed by atoms with Gasteiger partial charge in [-0.3, -0.25) is 11.3 Å². The van der Waals surface area contributed by atoms with Gasteiger partial charge in [0, 0.05) is 9.50 Å². The lowest BCUT2D eigenvalue weighted by Gasteiger charge is -2.18. The summed E-state index contributed by atoms with van der Waals surface area (Å²) in [4.78, 5) is 0. The van der Waals surface area contributed by atoms with Gasteiger partial charge in [0.2, 0.25) is 0 Å². The summed E-state index contributed by atoms with van der Waals surface area (Å²) in [6, 6.07) is 14.3. The lowest BCUT2D eigenvalue weighted by atomic mass is 9.98. The molecule has 100 valence electrons. The van der Waals surface area contributed by atoms with E-state index in [0.29, 0.717) is 0 Å². The molecule has 3 N–H and O–H groups in total. The highest BCUT2D eigenvalue weighted by Gasteiger charge is 2.14. The summed E-state index contributed by atoms with van der Waals surface area (Å²) in [7, 11) is 0. The van der Waals surface area contributed by atoms with Crippen molar-refractivity contribution >= 4 is 27.5 Å². The summed E-state index contributed by atoms with van der Waals surface area (Å²) in [5.74, 6) is 5.67. The van der Waals surface area contributed by atoms with Crippen molar-refractivity contribution in [3.05, 3.63) is 68.7 Å². The van der Waals surface area contributed by atoms with Crippen LogP contribution in [0.3, 0.4) is 0 Å². The molecule has 2 rings (SSSR count). The zero-order chi connectivity index (χ0) is 13.8. The van der Waals surface area contributed by atoms with Crippen LogP contribution in [0.25, 0.3) is 0 Å². The molecule has 0 aromatic heterocycles. The first-order chi connectivity index (χ1) is 9.10. The molecule has 1 unspecified atom stereocenters. The van der Waals surface area contributed by atoms with E-state index in [0.717, 1.165) is 27.0 Å². The Morgan fingerprint density at radius 2 is 1.89 bits per heavy atom. The maximum atomic E-state index is 6.29. The molecule has 0 spiro atoms. The fourth-order valence-corrected chi connectivity index (χ4v) is 2.66. The molecule has 0 fully saturated rings. The highest BCUT2D eigenvalue weighted by Crippen LogP contribution is 2.26. The second kappa shape index (κ2) is 6.53. The van der Waals surface area contributed by atoms with Crippen LogP contribution in [0, 0.1) is 6.92 Å². The van der Waals surface area contributed by atoms with Gasteiger partial charge < -0.3 is 0 Å². The van der Waals surface area contributed by atoms with Crippen LogP contribution < -0.4 is 11.3 Å². The Morgan fingerprint density at radius 3 is 2.47 bits per heavy atom. The van der Waals surface area contributed by atoms with Gasteiger partial charge in [-0.15, -0.1) is 0 Å². The van der Waals surface area contributed by atoms with E-state index >= 15 is 0 Å². The van der Waals surface area contributed by atoms with E-state index in [1.165, 1.54) is 5.56 Å². The molecule has 4 heteroatoms. The van der Waals surface area contributed by atoms with E-state index in [9.17, 15) is 0 Å². The third-order valence-electron chi connectivity index (χ3n) is 3.09. The van der Waals surface area contributed by atoms with Crippen LogP contribution in [-0.2, 0) is 6.42 Å². The first-order valence-electron chi connectivity index (χ1n) is 6.07. The zero-order valence-corrected chi connectivity index (χ0v) is 13.0. The summed E-state index contributed by atoms with van der Waals surface area (Å²) >= 11 is 9.72. The van der Waals surface area contributed by atoms with Gasteiger partial charge >= 0.3 is 0 Å². The lowest BCUT2D eigenvalue weighted by Crippen LogP contribution is -2.29. The number of aryl methyl sites for hydroxylation is 1. The molecule has 1 atom stereocenters. The molecule has 0 aliphatic rings. The number of benzene rings is 2. The summed E-state index contributed by atoms with van der Waals surface area (Å²) in [5, 5.41) is 0.750. The van der Waals surface area contributed by atoms with Crippen LogP contribution in [-0.4, -0.2) is 0 Å². The van der Waals surface area contributed by atoms with Crippen LogP contribution in [0.1, 0.15) is 22.7 Å². The number of nitrogens with one attached hydrogen (secondary N) is 1. The SMILES string of the molecule is Cc1ccc(C(Cc2ccc(Br)cc2)NN)c(Cl)c1. The molecule has 0 saturated carbocycles. The molecule has 19 heavy (non-hydrogen) atoms. The fourth-order valence-electron chi connectivity index (χ4n) is 2.03. The Hall–Kier alpha value is -0.870. The first kappa shape index (κ1) is 14.5. The Labute approximate surface area is 127 Å². The smallest absolute Gasteiger partial charge is 0.0515 e. The van der Waals surface area contributed by atoms with Crippen molar-refractivity contribution in [1.29, 1.82) is 0 Å². The molecule has 0 radical (unpaired) electrons. The summed E-state index contributed by atoms with van der Waals surface area (Å²) in [6.07, 6.45) is 0.798. The molecule has 2 nitrogen and oxygen atoms in total. The van der Waals surface area contributed by atoms with Crippen molar-refractivity contribution in [2.45, 2.75) is 19.4 Å². The molecule has 0 aliphatic carbocycles. The van der Waals surface area contributed by atoms with Gasteiger partial charge in [-0.05, 0) is 48.2 Å². The van der Waals surface area contributed by atoms with Crippen LogP contribution in [0.2, 0.25) is 5.02 Å². The lowest BCUT2D eigenvalue weighted by molar-refractivity contribution is 0.552. The van der Waals surface area contributed by atoms with Crippen LogP contribution in [0.5, 0.6) is 0 Å². The molecular weight excluding hydrogens is 324 g/mol. The zero-order valence-electron chi connectivity index (χ0n) is 10.7. The molecule has 0 heterocycles. The minimum Gasteiger partial charge on any atom is -0.271 e. The topological polar surface area (TPSA) is 38.0 Å². The minimum atomic E-state index is 0.00859. The molecule has 2 aromatic rings. The number of hydrogen-bond acceptors (Lipinski definition) is 2. The first-order valence-corrected chi connectivity index (χ1v) is 7.24. The number of nitrogens with two attached hydrogens (primary N) is 1. The largest absolute Gasteiger partial charge is 0.271 e. The predicted octanol–water partition coefficient (Wildman–Crippen LogP) is 4.16. The Balaban J connectivity index is 2.22. The standard InChI is InChI=1S/C15H16BrClN2/c1-10-2-7-13(14(17)8-10)15(19-18)9-11-3-5-12(16)6-4-11/h2-8,15,19H,9,18H2,1H3. The van der Waals surface area contributed by atoms with E-state index in [1.54, 1.807) is 0 Å². The van der Waals surface area contributed by atoms with Crippen LogP contribution >= 0.6 is 27.5 Å². The van der Waals surface area contributed by atoms with Gasteiger partial charge in [0.25, 0.3) is 0 Å². The normalized spacial score (nSPS) is 12.4. The quantitative estimate of drug-likeness (QED) is 0.648. The van der Waals surface area contributed by atoms with Crippen LogP contribution in [0.15, 0.2) is 46.9 Å². The van der Waals surface area contributed by atoms with Gasteiger partial charge in [-0.1, -0.05) is 51.8 Å². The molecule has 0 bridgehead atoms. The van der Waals surface area contributed by atoms with Crippen molar-refractivity contribution in [2.24, 2.45) is 5.84 Å². The maximum Gasteiger partial charge on any atom is 0.0515 e. The van der Waals surface area contributed by atoms with E-state index in [1.807, 2.05) is 37.3 Å². The average molecular weight is 340 g/mol. The molecule has 0 amide bonds. The van der Waals surface area contributed by atoms with Crippen molar-refractivity contribution in [3.8, 4) is 0 Å². The molecule has 2 aromatic carbocycles. The van der Waals surface area contributed by atoms with Gasteiger partial charge in [-0.2, -0.15) is 0 Å². The van der Waals surface area contributed by atoms with Crippen molar-refractivity contribution in [1.82, 2.24) is 5.43 Å². The third kappa shape index (κ3) is 3.80. The number of hydrazine groups is 1. The third-order valence-corrected chi connectivity index (χ3v) is 3.94. The van der Waals surface area contributed by atoms with Crippen molar-refractivity contribution in [2.75, 3.05) is 0 Å². The highest BCUT2D eigenvalue weighted by molar-refractivity contribution is 9.10. The highest BCUT2D eigenvalue weighted by atomic mass is 79.9. The minimum absolute atomic E-state index is 0.00859. The van der Waals surface area contributed by atoms with E-state index in [-0.39, 0.29) is 6.04 Å². The fraction of sp³-hybridized carbons (Fsp3) is 0.200. The summed E-state index contributed by atoms with van der Waals surface area (Å²) < 4.78 is 1.07. The summed E-state index contributed by atoms with van der Waals surface area (Å²) in [5.41, 5.74) is 6.23. The average Bonchev–Trinajstić information content (AvgIpc) is 2.39. The van der Waals surface area contributed by atoms with Crippen molar-refractivity contribution < 1.29 is 0 Å². The van der Waals surface area contributed by atoms with Gasteiger partial charge in [0.05, 0.1) is 6.04 Å². The predicted molar refractivity (Wildman–Crippen MR) is 84.1 cm³/mol. The van der Waals surface area contributed by atoms with Gasteiger partial charge in [0.1, 0.15) is 0 Å². The number of rotatable bonds is 4.